The topological polar surface area (TPSA) is 69.6 Å². The summed E-state index contributed by atoms with van der Waals surface area (Å²) < 4.78 is 6.79. The summed E-state index contributed by atoms with van der Waals surface area (Å²) in [6, 6.07) is 0. The van der Waals surface area contributed by atoms with Gasteiger partial charge in [-0.2, -0.15) is 4.98 Å². The zero-order chi connectivity index (χ0) is 11.5. The van der Waals surface area contributed by atoms with Crippen molar-refractivity contribution in [3.05, 3.63) is 23.6 Å². The second-order valence-electron chi connectivity index (χ2n) is 3.74. The van der Waals surface area contributed by atoms with E-state index < -0.39 is 0 Å². The van der Waals surface area contributed by atoms with Gasteiger partial charge in [-0.15, -0.1) is 5.10 Å². The average molecular weight is 286 g/mol. The number of rotatable bonds is 4. The molecular formula is C9H12BrN5O. The van der Waals surface area contributed by atoms with Crippen molar-refractivity contribution in [2.75, 3.05) is 0 Å². The van der Waals surface area contributed by atoms with Crippen LogP contribution in [-0.2, 0) is 11.9 Å². The largest absolute Gasteiger partial charge is 0.337 e. The number of aromatic nitrogens is 5. The van der Waals surface area contributed by atoms with Gasteiger partial charge in [0.25, 0.3) is 0 Å². The minimum atomic E-state index is 0.270. The second-order valence-corrected chi connectivity index (χ2v) is 4.30. The van der Waals surface area contributed by atoms with E-state index >= 15 is 0 Å². The Kier molecular flexibility index (Phi) is 3.33. The molecule has 6 nitrogen and oxygen atoms in total. The quantitative estimate of drug-likeness (QED) is 0.800. The van der Waals surface area contributed by atoms with Crippen LogP contribution in [-0.4, -0.2) is 25.1 Å². The van der Waals surface area contributed by atoms with Gasteiger partial charge >= 0.3 is 0 Å². The van der Waals surface area contributed by atoms with E-state index in [1.165, 1.54) is 0 Å². The number of halogens is 1. The summed E-state index contributed by atoms with van der Waals surface area (Å²) >= 11 is 3.31. The Morgan fingerprint density at radius 1 is 1.50 bits per heavy atom. The normalized spacial score (nSPS) is 11.2. The van der Waals surface area contributed by atoms with E-state index in [2.05, 4.69) is 36.4 Å². The van der Waals surface area contributed by atoms with E-state index in [9.17, 15) is 0 Å². The van der Waals surface area contributed by atoms with E-state index in [1.54, 1.807) is 4.68 Å². The number of alkyl halides is 1. The first-order chi connectivity index (χ1) is 7.69. The summed E-state index contributed by atoms with van der Waals surface area (Å²) in [6.07, 6.45) is 1.84. The van der Waals surface area contributed by atoms with Gasteiger partial charge in [0.05, 0.1) is 5.69 Å². The maximum Gasteiger partial charge on any atom is 0.248 e. The number of hydrogen-bond donors (Lipinski definition) is 0. The van der Waals surface area contributed by atoms with Crippen molar-refractivity contribution in [1.82, 2.24) is 25.1 Å². The molecule has 0 atom stereocenters. The van der Waals surface area contributed by atoms with Crippen LogP contribution in [0.1, 0.15) is 37.2 Å². The van der Waals surface area contributed by atoms with Gasteiger partial charge in [-0.25, -0.2) is 4.68 Å². The molecule has 0 bridgehead atoms. The molecule has 0 fully saturated rings. The van der Waals surface area contributed by atoms with E-state index in [0.29, 0.717) is 17.8 Å². The molecule has 0 N–H and O–H groups in total. The van der Waals surface area contributed by atoms with Crippen LogP contribution in [0.2, 0.25) is 0 Å². The van der Waals surface area contributed by atoms with Gasteiger partial charge in [-0.05, 0) is 0 Å². The van der Waals surface area contributed by atoms with Gasteiger partial charge in [0, 0.05) is 17.4 Å². The van der Waals surface area contributed by atoms with Crippen molar-refractivity contribution in [3.8, 4) is 0 Å². The van der Waals surface area contributed by atoms with Crippen LogP contribution in [0.25, 0.3) is 0 Å². The molecule has 2 heterocycles. The molecule has 7 heteroatoms. The van der Waals surface area contributed by atoms with Crippen molar-refractivity contribution >= 4 is 15.9 Å². The SMILES string of the molecule is CC(C)c1noc(Cn2cc(CBr)nn2)n1. The van der Waals surface area contributed by atoms with E-state index in [1.807, 2.05) is 20.0 Å². The third-order valence-electron chi connectivity index (χ3n) is 2.02. The lowest BCUT2D eigenvalue weighted by Gasteiger charge is -1.93. The van der Waals surface area contributed by atoms with Crippen molar-refractivity contribution in [3.63, 3.8) is 0 Å². The summed E-state index contributed by atoms with van der Waals surface area (Å²) in [5, 5.41) is 12.5. The van der Waals surface area contributed by atoms with Gasteiger partial charge in [-0.3, -0.25) is 0 Å². The summed E-state index contributed by atoms with van der Waals surface area (Å²) in [6.45, 7) is 4.50. The molecule has 86 valence electrons. The van der Waals surface area contributed by atoms with E-state index in [4.69, 9.17) is 4.52 Å². The summed E-state index contributed by atoms with van der Waals surface area (Å²) in [5.74, 6) is 1.54. The Balaban J connectivity index is 2.08. The van der Waals surface area contributed by atoms with Crippen molar-refractivity contribution < 1.29 is 4.52 Å². The molecule has 2 aromatic rings. The van der Waals surface area contributed by atoms with Crippen LogP contribution in [0.5, 0.6) is 0 Å². The molecule has 2 rings (SSSR count). The first-order valence-electron chi connectivity index (χ1n) is 4.96. The highest BCUT2D eigenvalue weighted by atomic mass is 79.9. The Labute approximate surface area is 101 Å². The molecule has 0 aliphatic heterocycles. The fourth-order valence-corrected chi connectivity index (χ4v) is 1.44. The fraction of sp³-hybridized carbons (Fsp3) is 0.556. The molecule has 0 spiro atoms. The smallest absolute Gasteiger partial charge is 0.248 e. The van der Waals surface area contributed by atoms with Gasteiger partial charge < -0.3 is 4.52 Å². The Hall–Kier alpha value is -1.24. The summed E-state index contributed by atoms with van der Waals surface area (Å²) in [7, 11) is 0. The maximum absolute atomic E-state index is 5.11. The Bertz CT molecular complexity index is 464. The molecule has 0 saturated heterocycles. The predicted molar refractivity (Wildman–Crippen MR) is 60.1 cm³/mol. The van der Waals surface area contributed by atoms with Crippen LogP contribution < -0.4 is 0 Å². The molecule has 0 radical (unpaired) electrons. The van der Waals surface area contributed by atoms with Gasteiger partial charge in [0.15, 0.2) is 5.82 Å². The monoisotopic (exact) mass is 285 g/mol. The number of hydrogen-bond acceptors (Lipinski definition) is 5. The molecule has 0 saturated carbocycles. The minimum absolute atomic E-state index is 0.270. The molecule has 0 amide bonds. The lowest BCUT2D eigenvalue weighted by molar-refractivity contribution is 0.358. The third kappa shape index (κ3) is 2.46. The highest BCUT2D eigenvalue weighted by Crippen LogP contribution is 2.10. The van der Waals surface area contributed by atoms with Gasteiger partial charge in [-0.1, -0.05) is 40.1 Å². The molecule has 16 heavy (non-hydrogen) atoms. The molecule has 0 aliphatic rings. The lowest BCUT2D eigenvalue weighted by atomic mass is 10.2. The highest BCUT2D eigenvalue weighted by molar-refractivity contribution is 9.08. The molecule has 0 aliphatic carbocycles. The van der Waals surface area contributed by atoms with E-state index in [-0.39, 0.29) is 5.92 Å². The maximum atomic E-state index is 5.11. The Morgan fingerprint density at radius 2 is 2.31 bits per heavy atom. The van der Waals surface area contributed by atoms with Crippen molar-refractivity contribution in [2.45, 2.75) is 31.6 Å². The summed E-state index contributed by atoms with van der Waals surface area (Å²) in [4.78, 5) is 4.26. The Morgan fingerprint density at radius 3 is 2.88 bits per heavy atom. The first-order valence-corrected chi connectivity index (χ1v) is 6.08. The lowest BCUT2D eigenvalue weighted by Crippen LogP contribution is -2.01. The van der Waals surface area contributed by atoms with Crippen molar-refractivity contribution in [1.29, 1.82) is 0 Å². The fourth-order valence-electron chi connectivity index (χ4n) is 1.18. The number of nitrogens with zero attached hydrogens (tertiary/aromatic N) is 5. The highest BCUT2D eigenvalue weighted by Gasteiger charge is 2.10. The van der Waals surface area contributed by atoms with E-state index in [0.717, 1.165) is 11.5 Å². The third-order valence-corrected chi connectivity index (χ3v) is 2.59. The summed E-state index contributed by atoms with van der Waals surface area (Å²) in [5.41, 5.74) is 0.878. The van der Waals surface area contributed by atoms with Crippen molar-refractivity contribution in [2.24, 2.45) is 0 Å². The van der Waals surface area contributed by atoms with Crippen LogP contribution in [0.3, 0.4) is 0 Å². The molecular weight excluding hydrogens is 274 g/mol. The zero-order valence-corrected chi connectivity index (χ0v) is 10.7. The predicted octanol–water partition coefficient (Wildman–Crippen LogP) is 1.73. The van der Waals surface area contributed by atoms with Crippen LogP contribution in [0, 0.1) is 0 Å². The van der Waals surface area contributed by atoms with Crippen LogP contribution in [0.4, 0.5) is 0 Å². The molecule has 0 aromatic carbocycles. The van der Waals surface area contributed by atoms with Crippen LogP contribution >= 0.6 is 15.9 Å². The van der Waals surface area contributed by atoms with Gasteiger partial charge in [0.2, 0.25) is 5.89 Å². The second kappa shape index (κ2) is 4.73. The van der Waals surface area contributed by atoms with Gasteiger partial charge in [0.1, 0.15) is 6.54 Å². The standard InChI is InChI=1S/C9H12BrN5O/c1-6(2)9-11-8(16-13-9)5-15-4-7(3-10)12-14-15/h4,6H,3,5H2,1-2H3. The zero-order valence-electron chi connectivity index (χ0n) is 9.09. The molecule has 0 unspecified atom stereocenters. The first kappa shape index (κ1) is 11.3. The minimum Gasteiger partial charge on any atom is -0.337 e. The molecule has 2 aromatic heterocycles. The van der Waals surface area contributed by atoms with Crippen LogP contribution in [0.15, 0.2) is 10.7 Å². The average Bonchev–Trinajstić information content (AvgIpc) is 2.87.